The molecule has 0 radical (unpaired) electrons. The van der Waals surface area contributed by atoms with Crippen LogP contribution in [0.25, 0.3) is 0 Å². The molecule has 0 aliphatic carbocycles. The molecule has 0 bridgehead atoms. The molecule has 2 aromatic rings. The topological polar surface area (TPSA) is 83.1 Å². The lowest BCUT2D eigenvalue weighted by atomic mass is 10.2. The maximum absolute atomic E-state index is 13.9. The summed E-state index contributed by atoms with van der Waals surface area (Å²) in [6, 6.07) is 11.6. The van der Waals surface area contributed by atoms with Crippen molar-refractivity contribution >= 4 is 23.2 Å². The predicted molar refractivity (Wildman–Crippen MR) is 116 cm³/mol. The van der Waals surface area contributed by atoms with E-state index in [1.165, 1.54) is 20.3 Å². The Bertz CT molecular complexity index is 916. The van der Waals surface area contributed by atoms with Crippen molar-refractivity contribution < 1.29 is 23.5 Å². The molecule has 0 spiro atoms. The molecule has 1 saturated heterocycles. The number of para-hydroxylation sites is 1. The zero-order valence-corrected chi connectivity index (χ0v) is 17.7. The van der Waals surface area contributed by atoms with Gasteiger partial charge in [0, 0.05) is 45.3 Å². The maximum Gasteiger partial charge on any atom is 0.313 e. The lowest BCUT2D eigenvalue weighted by molar-refractivity contribution is -0.136. The minimum absolute atomic E-state index is 0.220. The van der Waals surface area contributed by atoms with Crippen LogP contribution in [0.4, 0.5) is 15.8 Å². The summed E-state index contributed by atoms with van der Waals surface area (Å²) >= 11 is 0. The average Bonchev–Trinajstić information content (AvgIpc) is 2.80. The smallest absolute Gasteiger partial charge is 0.313 e. The molecule has 1 aliphatic rings. The second-order valence-corrected chi connectivity index (χ2v) is 7.06. The SMILES string of the molecule is COc1ccc(NC(=O)C(=O)NCCN2CCN(c3ccccc3F)CC2)c(OC)c1. The summed E-state index contributed by atoms with van der Waals surface area (Å²) in [5.74, 6) is -0.735. The van der Waals surface area contributed by atoms with Crippen molar-refractivity contribution in [1.82, 2.24) is 10.2 Å². The number of halogens is 1. The summed E-state index contributed by atoms with van der Waals surface area (Å²) in [6.45, 7) is 3.85. The van der Waals surface area contributed by atoms with Crippen LogP contribution in [0, 0.1) is 5.82 Å². The number of carbonyl (C=O) groups excluding carboxylic acids is 2. The maximum atomic E-state index is 13.9. The van der Waals surface area contributed by atoms with Crippen LogP contribution in [0.2, 0.25) is 0 Å². The van der Waals surface area contributed by atoms with E-state index in [4.69, 9.17) is 9.47 Å². The summed E-state index contributed by atoms with van der Waals surface area (Å²) in [5.41, 5.74) is 0.994. The Kier molecular flexibility index (Phi) is 7.66. The van der Waals surface area contributed by atoms with E-state index >= 15 is 0 Å². The van der Waals surface area contributed by atoms with Crippen molar-refractivity contribution in [3.05, 3.63) is 48.3 Å². The van der Waals surface area contributed by atoms with Gasteiger partial charge in [-0.2, -0.15) is 0 Å². The molecule has 9 heteroatoms. The standard InChI is InChI=1S/C22H27FN4O4/c1-30-16-7-8-18(20(15-16)31-2)25-22(29)21(28)24-9-10-26-11-13-27(14-12-26)19-6-4-3-5-17(19)23/h3-8,15H,9-14H2,1-2H3,(H,24,28)(H,25,29). The van der Waals surface area contributed by atoms with Gasteiger partial charge < -0.3 is 25.0 Å². The highest BCUT2D eigenvalue weighted by Gasteiger charge is 2.20. The Balaban J connectivity index is 1.41. The van der Waals surface area contributed by atoms with Crippen LogP contribution in [0.3, 0.4) is 0 Å². The van der Waals surface area contributed by atoms with E-state index in [0.717, 1.165) is 13.1 Å². The molecular weight excluding hydrogens is 403 g/mol. The number of anilines is 2. The minimum Gasteiger partial charge on any atom is -0.497 e. The van der Waals surface area contributed by atoms with Gasteiger partial charge in [0.1, 0.15) is 17.3 Å². The van der Waals surface area contributed by atoms with Crippen molar-refractivity contribution in [3.63, 3.8) is 0 Å². The zero-order chi connectivity index (χ0) is 22.2. The van der Waals surface area contributed by atoms with Crippen molar-refractivity contribution in [2.45, 2.75) is 0 Å². The highest BCUT2D eigenvalue weighted by Crippen LogP contribution is 2.28. The summed E-state index contributed by atoms with van der Waals surface area (Å²) < 4.78 is 24.3. The van der Waals surface area contributed by atoms with Crippen molar-refractivity contribution in [1.29, 1.82) is 0 Å². The molecule has 0 atom stereocenters. The van der Waals surface area contributed by atoms with Gasteiger partial charge in [0.05, 0.1) is 25.6 Å². The van der Waals surface area contributed by atoms with Crippen molar-refractivity contribution in [2.24, 2.45) is 0 Å². The van der Waals surface area contributed by atoms with E-state index < -0.39 is 11.8 Å². The number of ether oxygens (including phenoxy) is 2. The number of rotatable bonds is 7. The van der Waals surface area contributed by atoms with Gasteiger partial charge >= 0.3 is 11.8 Å². The average molecular weight is 430 g/mol. The largest absolute Gasteiger partial charge is 0.497 e. The van der Waals surface area contributed by atoms with E-state index in [1.54, 1.807) is 30.3 Å². The molecule has 0 aromatic heterocycles. The van der Waals surface area contributed by atoms with Gasteiger partial charge in [-0.3, -0.25) is 14.5 Å². The third-order valence-electron chi connectivity index (χ3n) is 5.14. The van der Waals surface area contributed by atoms with Gasteiger partial charge in [-0.25, -0.2) is 4.39 Å². The second-order valence-electron chi connectivity index (χ2n) is 7.06. The van der Waals surface area contributed by atoms with E-state index in [2.05, 4.69) is 15.5 Å². The van der Waals surface area contributed by atoms with Crippen LogP contribution >= 0.6 is 0 Å². The van der Waals surface area contributed by atoms with E-state index in [9.17, 15) is 14.0 Å². The lowest BCUT2D eigenvalue weighted by Crippen LogP contribution is -2.49. The quantitative estimate of drug-likeness (QED) is 0.651. The number of piperazine rings is 1. The van der Waals surface area contributed by atoms with Crippen LogP contribution in [0.5, 0.6) is 11.5 Å². The van der Waals surface area contributed by atoms with E-state index in [-0.39, 0.29) is 5.82 Å². The third kappa shape index (κ3) is 5.85. The summed E-state index contributed by atoms with van der Waals surface area (Å²) in [5, 5.41) is 5.17. The Morgan fingerprint density at radius 3 is 2.42 bits per heavy atom. The van der Waals surface area contributed by atoms with Crippen molar-refractivity contribution in [3.8, 4) is 11.5 Å². The first-order chi connectivity index (χ1) is 15.0. The molecule has 2 amide bonds. The first kappa shape index (κ1) is 22.4. The predicted octanol–water partition coefficient (Wildman–Crippen LogP) is 1.72. The Labute approximate surface area is 180 Å². The first-order valence-electron chi connectivity index (χ1n) is 10.0. The third-order valence-corrected chi connectivity index (χ3v) is 5.14. The number of hydrogen-bond donors (Lipinski definition) is 2. The van der Waals surface area contributed by atoms with E-state index in [1.807, 2.05) is 11.0 Å². The fourth-order valence-electron chi connectivity index (χ4n) is 3.41. The summed E-state index contributed by atoms with van der Waals surface area (Å²) in [6.07, 6.45) is 0. The molecule has 1 aliphatic heterocycles. The van der Waals surface area contributed by atoms with Gasteiger partial charge in [-0.1, -0.05) is 12.1 Å². The Hall–Kier alpha value is -3.33. The molecule has 2 aromatic carbocycles. The lowest BCUT2D eigenvalue weighted by Gasteiger charge is -2.36. The normalized spacial score (nSPS) is 14.1. The molecule has 1 heterocycles. The van der Waals surface area contributed by atoms with Crippen LogP contribution in [0.1, 0.15) is 0 Å². The van der Waals surface area contributed by atoms with E-state index in [0.29, 0.717) is 49.1 Å². The Morgan fingerprint density at radius 1 is 1.00 bits per heavy atom. The molecular formula is C22H27FN4O4. The molecule has 0 unspecified atom stereocenters. The number of carbonyl (C=O) groups is 2. The molecule has 31 heavy (non-hydrogen) atoms. The number of hydrogen-bond acceptors (Lipinski definition) is 6. The first-order valence-corrected chi connectivity index (χ1v) is 10.0. The van der Waals surface area contributed by atoms with Crippen LogP contribution in [-0.2, 0) is 9.59 Å². The highest BCUT2D eigenvalue weighted by atomic mass is 19.1. The van der Waals surface area contributed by atoms with Gasteiger partial charge in [0.2, 0.25) is 0 Å². The monoisotopic (exact) mass is 430 g/mol. The van der Waals surface area contributed by atoms with Gasteiger partial charge in [-0.15, -0.1) is 0 Å². The van der Waals surface area contributed by atoms with Gasteiger partial charge in [-0.05, 0) is 24.3 Å². The van der Waals surface area contributed by atoms with Gasteiger partial charge in [0.25, 0.3) is 0 Å². The molecule has 166 valence electrons. The second kappa shape index (κ2) is 10.6. The summed E-state index contributed by atoms with van der Waals surface area (Å²) in [4.78, 5) is 28.5. The number of methoxy groups -OCH3 is 2. The number of amides is 2. The number of nitrogens with zero attached hydrogens (tertiary/aromatic N) is 2. The highest BCUT2D eigenvalue weighted by molar-refractivity contribution is 6.39. The molecule has 0 saturated carbocycles. The van der Waals surface area contributed by atoms with Gasteiger partial charge in [0.15, 0.2) is 0 Å². The molecule has 3 rings (SSSR count). The van der Waals surface area contributed by atoms with Crippen LogP contribution < -0.4 is 25.0 Å². The zero-order valence-electron chi connectivity index (χ0n) is 17.7. The van der Waals surface area contributed by atoms with Crippen LogP contribution in [0.15, 0.2) is 42.5 Å². The van der Waals surface area contributed by atoms with Crippen molar-refractivity contribution in [2.75, 3.05) is 63.7 Å². The number of nitrogens with one attached hydrogen (secondary N) is 2. The number of benzene rings is 2. The molecule has 1 fully saturated rings. The fourth-order valence-corrected chi connectivity index (χ4v) is 3.41. The fraction of sp³-hybridized carbons (Fsp3) is 0.364. The minimum atomic E-state index is -0.771. The Morgan fingerprint density at radius 2 is 1.74 bits per heavy atom. The summed E-state index contributed by atoms with van der Waals surface area (Å²) in [7, 11) is 3.00. The molecule has 2 N–H and O–H groups in total. The molecule has 8 nitrogen and oxygen atoms in total. The van der Waals surface area contributed by atoms with Crippen LogP contribution in [-0.4, -0.2) is 70.2 Å².